The van der Waals surface area contributed by atoms with E-state index < -0.39 is 0 Å². The SMILES string of the molecule is CCn1ccnc1CN1CCC(CO)(Cc2cccc(OC)c2)CC1. The van der Waals surface area contributed by atoms with Gasteiger partial charge >= 0.3 is 0 Å². The average molecular weight is 343 g/mol. The number of aryl methyl sites for hydroxylation is 1. The maximum absolute atomic E-state index is 10.1. The van der Waals surface area contributed by atoms with Crippen LogP contribution in [0.5, 0.6) is 5.75 Å². The molecule has 1 saturated heterocycles. The van der Waals surface area contributed by atoms with Gasteiger partial charge in [0.2, 0.25) is 0 Å². The predicted octanol–water partition coefficient (Wildman–Crippen LogP) is 2.73. The van der Waals surface area contributed by atoms with Crippen LogP contribution in [-0.2, 0) is 19.5 Å². The van der Waals surface area contributed by atoms with Crippen molar-refractivity contribution in [2.24, 2.45) is 5.41 Å². The first-order chi connectivity index (χ1) is 12.2. The Balaban J connectivity index is 1.61. The molecule has 1 aromatic heterocycles. The van der Waals surface area contributed by atoms with E-state index >= 15 is 0 Å². The molecule has 2 heterocycles. The molecule has 0 atom stereocenters. The molecule has 0 unspecified atom stereocenters. The first-order valence-corrected chi connectivity index (χ1v) is 9.14. The molecule has 1 aromatic carbocycles. The number of aliphatic hydroxyl groups excluding tert-OH is 1. The molecule has 3 rings (SSSR count). The number of piperidine rings is 1. The van der Waals surface area contributed by atoms with E-state index in [1.807, 2.05) is 24.5 Å². The summed E-state index contributed by atoms with van der Waals surface area (Å²) in [7, 11) is 1.69. The molecule has 1 aliphatic rings. The summed E-state index contributed by atoms with van der Waals surface area (Å²) in [5.74, 6) is 2.02. The maximum Gasteiger partial charge on any atom is 0.122 e. The van der Waals surface area contributed by atoms with Gasteiger partial charge in [0.25, 0.3) is 0 Å². The van der Waals surface area contributed by atoms with Crippen LogP contribution >= 0.6 is 0 Å². The van der Waals surface area contributed by atoms with Crippen LogP contribution in [0.2, 0.25) is 0 Å². The minimum atomic E-state index is -0.0248. The van der Waals surface area contributed by atoms with Crippen molar-refractivity contribution in [3.63, 3.8) is 0 Å². The van der Waals surface area contributed by atoms with Gasteiger partial charge in [-0.05, 0) is 62.4 Å². The van der Waals surface area contributed by atoms with Crippen molar-refractivity contribution < 1.29 is 9.84 Å². The number of likely N-dealkylation sites (tertiary alicyclic amines) is 1. The third-order valence-electron chi connectivity index (χ3n) is 5.47. The Hall–Kier alpha value is -1.85. The number of rotatable bonds is 7. The molecule has 0 saturated carbocycles. The van der Waals surface area contributed by atoms with E-state index in [0.717, 1.165) is 57.0 Å². The monoisotopic (exact) mass is 343 g/mol. The Morgan fingerprint density at radius 3 is 2.76 bits per heavy atom. The molecule has 0 bridgehead atoms. The highest BCUT2D eigenvalue weighted by Crippen LogP contribution is 2.35. The van der Waals surface area contributed by atoms with E-state index in [0.29, 0.717) is 0 Å². The summed E-state index contributed by atoms with van der Waals surface area (Å²) in [5.41, 5.74) is 1.21. The summed E-state index contributed by atoms with van der Waals surface area (Å²) in [6.45, 7) is 6.23. The number of nitrogens with zero attached hydrogens (tertiary/aromatic N) is 3. The molecule has 136 valence electrons. The van der Waals surface area contributed by atoms with Gasteiger partial charge in [-0.2, -0.15) is 0 Å². The smallest absolute Gasteiger partial charge is 0.122 e. The number of imidazole rings is 1. The summed E-state index contributed by atoms with van der Waals surface area (Å²) < 4.78 is 7.53. The number of ether oxygens (including phenoxy) is 1. The Morgan fingerprint density at radius 2 is 2.08 bits per heavy atom. The molecule has 0 aliphatic carbocycles. The van der Waals surface area contributed by atoms with Crippen molar-refractivity contribution in [1.29, 1.82) is 0 Å². The third-order valence-corrected chi connectivity index (χ3v) is 5.47. The fourth-order valence-corrected chi connectivity index (χ4v) is 3.77. The third kappa shape index (κ3) is 4.22. The summed E-state index contributed by atoms with van der Waals surface area (Å²) >= 11 is 0. The van der Waals surface area contributed by atoms with Gasteiger partial charge in [0, 0.05) is 25.5 Å². The fraction of sp³-hybridized carbons (Fsp3) is 0.550. The molecule has 1 fully saturated rings. The lowest BCUT2D eigenvalue weighted by atomic mass is 9.74. The van der Waals surface area contributed by atoms with Gasteiger partial charge < -0.3 is 14.4 Å². The molecular formula is C20H29N3O2. The second-order valence-electron chi connectivity index (χ2n) is 7.09. The van der Waals surface area contributed by atoms with Crippen molar-refractivity contribution in [2.75, 3.05) is 26.8 Å². The lowest BCUT2D eigenvalue weighted by molar-refractivity contribution is 0.0401. The van der Waals surface area contributed by atoms with E-state index in [2.05, 4.69) is 33.5 Å². The van der Waals surface area contributed by atoms with Gasteiger partial charge in [-0.25, -0.2) is 4.98 Å². The molecule has 25 heavy (non-hydrogen) atoms. The molecule has 1 aliphatic heterocycles. The van der Waals surface area contributed by atoms with Gasteiger partial charge in [0.15, 0.2) is 0 Å². The minimum absolute atomic E-state index is 0.0248. The van der Waals surface area contributed by atoms with Crippen LogP contribution in [-0.4, -0.2) is 46.4 Å². The first kappa shape index (κ1) is 18.0. The van der Waals surface area contributed by atoms with Crippen LogP contribution in [0.1, 0.15) is 31.2 Å². The second-order valence-corrected chi connectivity index (χ2v) is 7.09. The molecule has 1 N–H and O–H groups in total. The van der Waals surface area contributed by atoms with E-state index in [1.165, 1.54) is 5.56 Å². The standard InChI is InChI=1S/C20H29N3O2/c1-3-23-12-9-21-19(23)15-22-10-7-20(16-24,8-11-22)14-17-5-4-6-18(13-17)25-2/h4-6,9,12-13,24H,3,7-8,10-11,14-16H2,1-2H3. The van der Waals surface area contributed by atoms with Gasteiger partial charge in [-0.3, -0.25) is 4.90 Å². The van der Waals surface area contributed by atoms with Crippen LogP contribution in [0.3, 0.4) is 0 Å². The fourth-order valence-electron chi connectivity index (χ4n) is 3.77. The van der Waals surface area contributed by atoms with E-state index in [-0.39, 0.29) is 12.0 Å². The summed E-state index contributed by atoms with van der Waals surface area (Å²) in [4.78, 5) is 6.93. The molecular weight excluding hydrogens is 314 g/mol. The van der Waals surface area contributed by atoms with Crippen LogP contribution in [0.15, 0.2) is 36.7 Å². The maximum atomic E-state index is 10.1. The van der Waals surface area contributed by atoms with Crippen LogP contribution in [0.4, 0.5) is 0 Å². The van der Waals surface area contributed by atoms with E-state index in [1.54, 1.807) is 7.11 Å². The lowest BCUT2D eigenvalue weighted by Gasteiger charge is -2.41. The van der Waals surface area contributed by atoms with E-state index in [4.69, 9.17) is 4.74 Å². The van der Waals surface area contributed by atoms with E-state index in [9.17, 15) is 5.11 Å². The summed E-state index contributed by atoms with van der Waals surface area (Å²) in [5, 5.41) is 10.1. The number of hydrogen-bond acceptors (Lipinski definition) is 4. The number of benzene rings is 1. The highest BCUT2D eigenvalue weighted by atomic mass is 16.5. The van der Waals surface area contributed by atoms with Crippen LogP contribution in [0.25, 0.3) is 0 Å². The lowest BCUT2D eigenvalue weighted by Crippen LogP contribution is -2.43. The van der Waals surface area contributed by atoms with Gasteiger partial charge in [0.1, 0.15) is 11.6 Å². The Kier molecular flexibility index (Phi) is 5.76. The van der Waals surface area contributed by atoms with Gasteiger partial charge in [0.05, 0.1) is 13.7 Å². The summed E-state index contributed by atoms with van der Waals surface area (Å²) in [6, 6.07) is 8.21. The predicted molar refractivity (Wildman–Crippen MR) is 98.6 cm³/mol. The van der Waals surface area contributed by atoms with Crippen LogP contribution in [0, 0.1) is 5.41 Å². The Labute approximate surface area is 150 Å². The first-order valence-electron chi connectivity index (χ1n) is 9.14. The molecule has 0 spiro atoms. The number of methoxy groups -OCH3 is 1. The summed E-state index contributed by atoms with van der Waals surface area (Å²) in [6.07, 6.45) is 6.84. The van der Waals surface area contributed by atoms with Crippen molar-refractivity contribution >= 4 is 0 Å². The van der Waals surface area contributed by atoms with Crippen molar-refractivity contribution in [2.45, 2.75) is 39.3 Å². The highest BCUT2D eigenvalue weighted by molar-refractivity contribution is 5.29. The quantitative estimate of drug-likeness (QED) is 0.840. The van der Waals surface area contributed by atoms with Gasteiger partial charge in [-0.1, -0.05) is 12.1 Å². The highest BCUT2D eigenvalue weighted by Gasteiger charge is 2.34. The zero-order valence-corrected chi connectivity index (χ0v) is 15.3. The zero-order valence-electron chi connectivity index (χ0n) is 15.3. The van der Waals surface area contributed by atoms with Crippen molar-refractivity contribution in [3.8, 4) is 5.75 Å². The Morgan fingerprint density at radius 1 is 1.28 bits per heavy atom. The van der Waals surface area contributed by atoms with Crippen molar-refractivity contribution in [1.82, 2.24) is 14.5 Å². The molecule has 0 radical (unpaired) electrons. The molecule has 0 amide bonds. The number of aromatic nitrogens is 2. The largest absolute Gasteiger partial charge is 0.497 e. The zero-order chi connectivity index (χ0) is 17.7. The van der Waals surface area contributed by atoms with Gasteiger partial charge in [-0.15, -0.1) is 0 Å². The number of hydrogen-bond donors (Lipinski definition) is 1. The molecule has 5 heteroatoms. The Bertz CT molecular complexity index is 675. The topological polar surface area (TPSA) is 50.5 Å². The minimum Gasteiger partial charge on any atom is -0.497 e. The molecule has 2 aromatic rings. The average Bonchev–Trinajstić information content (AvgIpc) is 3.11. The molecule has 5 nitrogen and oxygen atoms in total. The second kappa shape index (κ2) is 8.02. The normalized spacial score (nSPS) is 17.6. The van der Waals surface area contributed by atoms with Crippen molar-refractivity contribution in [3.05, 3.63) is 48.0 Å². The number of aliphatic hydroxyl groups is 1. The van der Waals surface area contributed by atoms with Crippen LogP contribution < -0.4 is 4.74 Å².